The van der Waals surface area contributed by atoms with Crippen LogP contribution in [0.4, 0.5) is 0 Å². The van der Waals surface area contributed by atoms with Crippen LogP contribution >= 0.6 is 0 Å². The molecule has 0 heterocycles. The van der Waals surface area contributed by atoms with Gasteiger partial charge in [-0.3, -0.25) is 9.59 Å². The summed E-state index contributed by atoms with van der Waals surface area (Å²) < 4.78 is 8.92. The van der Waals surface area contributed by atoms with Crippen LogP contribution in [0.15, 0.2) is 0 Å². The number of hydrogen-bond acceptors (Lipinski definition) is 4. The van der Waals surface area contributed by atoms with E-state index in [-0.39, 0.29) is 0 Å². The smallest absolute Gasteiger partial charge is 0.331 e. The van der Waals surface area contributed by atoms with Crippen molar-refractivity contribution in [1.82, 2.24) is 0 Å². The minimum atomic E-state index is -0.802. The molecule has 0 aliphatic carbocycles. The van der Waals surface area contributed by atoms with Gasteiger partial charge >= 0.3 is 11.9 Å². The minimum Gasteiger partial charge on any atom is -0.372 e. The van der Waals surface area contributed by atoms with Gasteiger partial charge in [-0.1, -0.05) is 11.8 Å². The Morgan fingerprint density at radius 2 is 1.21 bits per heavy atom. The molecule has 0 rings (SSSR count). The Morgan fingerprint density at radius 1 is 0.789 bits per heavy atom. The predicted octanol–water partition coefficient (Wildman–Crippen LogP) is 1.21. The van der Waals surface area contributed by atoms with Gasteiger partial charge in [0.1, 0.15) is 18.6 Å². The molecular formula is C15H12O4. The highest BCUT2D eigenvalue weighted by molar-refractivity contribution is 5.91. The van der Waals surface area contributed by atoms with Crippen molar-refractivity contribution in [1.29, 1.82) is 0 Å². The zero-order valence-electron chi connectivity index (χ0n) is 10.3. The first kappa shape index (κ1) is 16.2. The number of terminal acetylenes is 2. The molecule has 0 saturated heterocycles. The van der Waals surface area contributed by atoms with Gasteiger partial charge in [-0.05, 0) is 0 Å². The Bertz CT molecular complexity index is 461. The average Bonchev–Trinajstić information content (AvgIpc) is 2.38. The fraction of sp³-hybridized carbons (Fsp3) is 0.333. The molecule has 0 aliphatic rings. The quantitative estimate of drug-likeness (QED) is 0.328. The molecule has 0 aliphatic heterocycles. The molecule has 19 heavy (non-hydrogen) atoms. The van der Waals surface area contributed by atoms with E-state index in [9.17, 15) is 9.59 Å². The van der Waals surface area contributed by atoms with E-state index in [2.05, 4.69) is 45.4 Å². The highest BCUT2D eigenvalue weighted by Crippen LogP contribution is 1.90. The van der Waals surface area contributed by atoms with E-state index in [4.69, 9.17) is 12.8 Å². The van der Waals surface area contributed by atoms with Gasteiger partial charge in [0, 0.05) is 25.7 Å². The Kier molecular flexibility index (Phi) is 9.93. The number of esters is 2. The predicted molar refractivity (Wildman–Crippen MR) is 68.5 cm³/mol. The van der Waals surface area contributed by atoms with Crippen molar-refractivity contribution in [3.8, 4) is 48.7 Å². The highest BCUT2D eigenvalue weighted by Gasteiger charge is 2.10. The summed E-state index contributed by atoms with van der Waals surface area (Å²) >= 11 is 0. The van der Waals surface area contributed by atoms with E-state index in [0.717, 1.165) is 0 Å². The van der Waals surface area contributed by atoms with Gasteiger partial charge in [0.05, 0.1) is 0 Å². The summed E-state index contributed by atoms with van der Waals surface area (Å²) in [4.78, 5) is 22.2. The maximum Gasteiger partial charge on any atom is 0.331 e. The second-order valence-electron chi connectivity index (χ2n) is 3.09. The topological polar surface area (TPSA) is 52.6 Å². The largest absolute Gasteiger partial charge is 0.372 e. The lowest BCUT2D eigenvalue weighted by molar-refractivity contribution is -0.146. The van der Waals surface area contributed by atoms with Crippen LogP contribution in [0.3, 0.4) is 0 Å². The van der Waals surface area contributed by atoms with Crippen LogP contribution in [0.25, 0.3) is 0 Å². The van der Waals surface area contributed by atoms with Crippen molar-refractivity contribution in [2.45, 2.75) is 32.1 Å². The molecule has 0 aromatic carbocycles. The number of carbonyl (C=O) groups excluding carboxylic acids is 2. The van der Waals surface area contributed by atoms with E-state index in [1.807, 2.05) is 0 Å². The molecule has 0 bridgehead atoms. The first-order chi connectivity index (χ1) is 9.20. The molecule has 0 N–H and O–H groups in total. The van der Waals surface area contributed by atoms with Crippen molar-refractivity contribution >= 4 is 11.9 Å². The lowest BCUT2D eigenvalue weighted by atomic mass is 10.3. The molecule has 0 atom stereocenters. The number of rotatable bonds is 4. The number of hydrogen-bond donors (Lipinski definition) is 0. The van der Waals surface area contributed by atoms with Crippen molar-refractivity contribution < 1.29 is 19.1 Å². The van der Waals surface area contributed by atoms with Gasteiger partial charge in [-0.25, -0.2) is 0 Å². The van der Waals surface area contributed by atoms with E-state index in [1.165, 1.54) is 0 Å². The van der Waals surface area contributed by atoms with E-state index >= 15 is 0 Å². The molecular weight excluding hydrogens is 244 g/mol. The third-order valence-corrected chi connectivity index (χ3v) is 1.55. The van der Waals surface area contributed by atoms with Gasteiger partial charge in [0.2, 0.25) is 0 Å². The standard InChI is InChI=1S/C15H12O4/c1-3-5-7-9-11-18-14(16)13-15(17)19-12-10-8-6-4-2/h1-2H,5-8,13H2. The SMILES string of the molecule is C#CCCC#COC(=O)CC(=O)OC#CCCC#C. The Morgan fingerprint density at radius 3 is 1.58 bits per heavy atom. The van der Waals surface area contributed by atoms with Crippen molar-refractivity contribution in [3.05, 3.63) is 0 Å². The second kappa shape index (κ2) is 11.7. The number of carbonyl (C=O) groups is 2. The van der Waals surface area contributed by atoms with Crippen LogP contribution in [0.5, 0.6) is 0 Å². The third-order valence-electron chi connectivity index (χ3n) is 1.55. The van der Waals surface area contributed by atoms with Gasteiger partial charge in [0.15, 0.2) is 0 Å². The maximum atomic E-state index is 11.1. The molecule has 0 fully saturated rings. The third kappa shape index (κ3) is 11.4. The summed E-state index contributed by atoms with van der Waals surface area (Å²) in [6.07, 6.45) is 15.5. The zero-order chi connectivity index (χ0) is 14.3. The summed E-state index contributed by atoms with van der Waals surface area (Å²) in [7, 11) is 0. The van der Waals surface area contributed by atoms with Gasteiger partial charge in [-0.15, -0.1) is 24.7 Å². The molecule has 0 saturated carbocycles. The fourth-order valence-electron chi connectivity index (χ4n) is 0.747. The van der Waals surface area contributed by atoms with Crippen LogP contribution < -0.4 is 0 Å². The molecule has 0 amide bonds. The molecule has 0 spiro atoms. The monoisotopic (exact) mass is 256 g/mol. The molecule has 0 aromatic rings. The summed E-state index contributed by atoms with van der Waals surface area (Å²) in [6, 6.07) is 0. The van der Waals surface area contributed by atoms with E-state index in [1.54, 1.807) is 0 Å². The number of unbranched alkanes of at least 4 members (excludes halogenated alkanes) is 2. The van der Waals surface area contributed by atoms with Crippen molar-refractivity contribution in [2.24, 2.45) is 0 Å². The Balaban J connectivity index is 3.83. The lowest BCUT2D eigenvalue weighted by Gasteiger charge is -1.94. The molecule has 0 aromatic heterocycles. The summed E-state index contributed by atoms with van der Waals surface area (Å²) in [5, 5.41) is 0. The Labute approximate surface area is 112 Å². The van der Waals surface area contributed by atoms with Gasteiger partial charge < -0.3 is 9.47 Å². The van der Waals surface area contributed by atoms with Crippen LogP contribution in [0, 0.1) is 48.7 Å². The van der Waals surface area contributed by atoms with Crippen LogP contribution in [-0.2, 0) is 19.1 Å². The first-order valence-electron chi connectivity index (χ1n) is 5.42. The molecule has 4 heteroatoms. The molecule has 0 radical (unpaired) electrons. The lowest BCUT2D eigenvalue weighted by Crippen LogP contribution is -2.10. The molecule has 4 nitrogen and oxygen atoms in total. The normalized spacial score (nSPS) is 7.47. The molecule has 96 valence electrons. The Hall–Kier alpha value is -2.82. The fourth-order valence-corrected chi connectivity index (χ4v) is 0.747. The summed E-state index contributed by atoms with van der Waals surface area (Å²) in [6.45, 7) is 0. The van der Waals surface area contributed by atoms with Crippen LogP contribution in [-0.4, -0.2) is 11.9 Å². The summed E-state index contributed by atoms with van der Waals surface area (Å²) in [5.41, 5.74) is 0. The molecule has 0 unspecified atom stereocenters. The van der Waals surface area contributed by atoms with Crippen LogP contribution in [0.2, 0.25) is 0 Å². The average molecular weight is 256 g/mol. The second-order valence-corrected chi connectivity index (χ2v) is 3.09. The van der Waals surface area contributed by atoms with Gasteiger partial charge in [-0.2, -0.15) is 0 Å². The minimum absolute atomic E-state index is 0.425. The maximum absolute atomic E-state index is 11.1. The van der Waals surface area contributed by atoms with E-state index in [0.29, 0.717) is 25.7 Å². The van der Waals surface area contributed by atoms with Gasteiger partial charge in [0.25, 0.3) is 0 Å². The summed E-state index contributed by atoms with van der Waals surface area (Å²) in [5.74, 6) is 8.20. The highest BCUT2D eigenvalue weighted by atomic mass is 16.5. The van der Waals surface area contributed by atoms with Crippen molar-refractivity contribution in [3.63, 3.8) is 0 Å². The first-order valence-corrected chi connectivity index (χ1v) is 5.42. The van der Waals surface area contributed by atoms with Crippen LogP contribution in [0.1, 0.15) is 32.1 Å². The number of ether oxygens (including phenoxy) is 2. The van der Waals surface area contributed by atoms with E-state index < -0.39 is 18.4 Å². The zero-order valence-corrected chi connectivity index (χ0v) is 10.3. The van der Waals surface area contributed by atoms with Crippen molar-refractivity contribution in [2.75, 3.05) is 0 Å².